The van der Waals surface area contributed by atoms with E-state index < -0.39 is 5.97 Å². The van der Waals surface area contributed by atoms with E-state index in [1.54, 1.807) is 42.9 Å². The van der Waals surface area contributed by atoms with Crippen LogP contribution in [0.1, 0.15) is 10.4 Å². The second-order valence-corrected chi connectivity index (χ2v) is 3.46. The zero-order valence-electron chi connectivity index (χ0n) is 9.80. The van der Waals surface area contributed by atoms with Gasteiger partial charge in [-0.3, -0.25) is 9.97 Å². The molecular weight excluding hydrogens is 246 g/mol. The normalized spacial score (nSPS) is 9.47. The van der Waals surface area contributed by atoms with Gasteiger partial charge < -0.3 is 4.74 Å². The van der Waals surface area contributed by atoms with Crippen molar-refractivity contribution in [3.63, 3.8) is 0 Å². The van der Waals surface area contributed by atoms with Crippen LogP contribution >= 0.6 is 0 Å². The molecule has 0 fully saturated rings. The average Bonchev–Trinajstić information content (AvgIpc) is 2.48. The minimum absolute atomic E-state index is 0.318. The van der Waals surface area contributed by atoms with Crippen LogP contribution < -0.4 is 0 Å². The topological polar surface area (TPSA) is 101 Å². The summed E-state index contributed by atoms with van der Waals surface area (Å²) >= 11 is 0. The predicted molar refractivity (Wildman–Crippen MR) is 66.9 cm³/mol. The molecule has 0 aliphatic carbocycles. The lowest BCUT2D eigenvalue weighted by atomic mass is 10.1. The van der Waals surface area contributed by atoms with Crippen molar-refractivity contribution < 1.29 is 9.53 Å². The van der Waals surface area contributed by atoms with Crippen LogP contribution in [0.3, 0.4) is 0 Å². The molecule has 0 aliphatic rings. The van der Waals surface area contributed by atoms with Crippen molar-refractivity contribution in [2.24, 2.45) is 5.11 Å². The lowest BCUT2D eigenvalue weighted by Gasteiger charge is -2.03. The molecule has 0 spiro atoms. The van der Waals surface area contributed by atoms with Crippen LogP contribution in [0.2, 0.25) is 0 Å². The van der Waals surface area contributed by atoms with Gasteiger partial charge in [-0.05, 0) is 17.7 Å². The van der Waals surface area contributed by atoms with Crippen molar-refractivity contribution in [2.75, 3.05) is 6.73 Å². The van der Waals surface area contributed by atoms with Crippen molar-refractivity contribution in [2.45, 2.75) is 0 Å². The Morgan fingerprint density at radius 2 is 2.11 bits per heavy atom. The first kappa shape index (κ1) is 12.5. The molecular formula is C12H9N5O2. The summed E-state index contributed by atoms with van der Waals surface area (Å²) in [6, 6.07) is 6.72. The maximum atomic E-state index is 11.5. The van der Waals surface area contributed by atoms with Crippen LogP contribution in [-0.4, -0.2) is 22.7 Å². The molecule has 0 unspecified atom stereocenters. The molecule has 0 bridgehead atoms. The third-order valence-electron chi connectivity index (χ3n) is 2.30. The largest absolute Gasteiger partial charge is 0.456 e. The van der Waals surface area contributed by atoms with Gasteiger partial charge in [0.25, 0.3) is 0 Å². The quantitative estimate of drug-likeness (QED) is 0.362. The molecule has 7 nitrogen and oxygen atoms in total. The molecule has 2 aromatic rings. The van der Waals surface area contributed by atoms with Crippen molar-refractivity contribution >= 4 is 5.97 Å². The van der Waals surface area contributed by atoms with E-state index in [0.717, 1.165) is 11.3 Å². The molecule has 0 saturated carbocycles. The molecule has 0 amide bonds. The molecule has 0 saturated heterocycles. The minimum atomic E-state index is -0.543. The molecule has 19 heavy (non-hydrogen) atoms. The Balaban J connectivity index is 2.10. The Hall–Kier alpha value is -2.92. The van der Waals surface area contributed by atoms with Crippen molar-refractivity contribution in [3.05, 3.63) is 58.9 Å². The van der Waals surface area contributed by atoms with Gasteiger partial charge in [0.2, 0.25) is 0 Å². The first-order valence-corrected chi connectivity index (χ1v) is 5.35. The number of hydrogen-bond donors (Lipinski definition) is 0. The second-order valence-electron chi connectivity index (χ2n) is 3.46. The molecule has 1 heterocycles. The number of hydrogen-bond acceptors (Lipinski definition) is 5. The minimum Gasteiger partial charge on any atom is -0.456 e. The van der Waals surface area contributed by atoms with E-state index in [9.17, 15) is 4.79 Å². The van der Waals surface area contributed by atoms with Gasteiger partial charge >= 0.3 is 5.97 Å². The molecule has 0 atom stereocenters. The predicted octanol–water partition coefficient (Wildman–Crippen LogP) is 2.57. The van der Waals surface area contributed by atoms with Crippen molar-refractivity contribution in [3.8, 4) is 11.3 Å². The van der Waals surface area contributed by atoms with Gasteiger partial charge in [0.15, 0.2) is 6.73 Å². The van der Waals surface area contributed by atoms with Crippen LogP contribution in [0.15, 0.2) is 48.0 Å². The van der Waals surface area contributed by atoms with Crippen molar-refractivity contribution in [1.82, 2.24) is 9.97 Å². The number of aromatic nitrogens is 2. The van der Waals surface area contributed by atoms with E-state index in [1.807, 2.05) is 0 Å². The van der Waals surface area contributed by atoms with Crippen LogP contribution in [0.4, 0.5) is 0 Å². The summed E-state index contributed by atoms with van der Waals surface area (Å²) < 4.78 is 4.73. The SMILES string of the molecule is [N-]=[N+]=NCOC(=O)c1ccc(-c2cnccn2)cc1. The maximum Gasteiger partial charge on any atom is 0.338 e. The van der Waals surface area contributed by atoms with Crippen LogP contribution in [0.25, 0.3) is 21.7 Å². The molecule has 0 N–H and O–H groups in total. The fraction of sp³-hybridized carbons (Fsp3) is 0.0833. The number of benzene rings is 1. The van der Waals surface area contributed by atoms with Gasteiger partial charge in [0, 0.05) is 22.9 Å². The standard InChI is InChI=1S/C12H9N5O2/c13-17-16-8-19-12(18)10-3-1-9(2-4-10)11-7-14-5-6-15-11/h1-7H,8H2. The molecule has 0 radical (unpaired) electrons. The van der Waals surface area contributed by atoms with E-state index in [4.69, 9.17) is 10.3 Å². The highest BCUT2D eigenvalue weighted by Gasteiger charge is 2.07. The summed E-state index contributed by atoms with van der Waals surface area (Å²) in [5.41, 5.74) is 10.0. The zero-order chi connectivity index (χ0) is 13.5. The van der Waals surface area contributed by atoms with Crippen molar-refractivity contribution in [1.29, 1.82) is 0 Å². The van der Waals surface area contributed by atoms with Crippen LogP contribution in [0, 0.1) is 0 Å². The van der Waals surface area contributed by atoms with E-state index >= 15 is 0 Å². The summed E-state index contributed by atoms with van der Waals surface area (Å²) in [6.45, 7) is -0.318. The first-order valence-electron chi connectivity index (χ1n) is 5.35. The summed E-state index contributed by atoms with van der Waals surface area (Å²) in [7, 11) is 0. The van der Waals surface area contributed by atoms with Gasteiger partial charge in [-0.2, -0.15) is 0 Å². The third kappa shape index (κ3) is 3.27. The highest BCUT2D eigenvalue weighted by atomic mass is 16.5. The fourth-order valence-corrected chi connectivity index (χ4v) is 1.42. The molecule has 7 heteroatoms. The van der Waals surface area contributed by atoms with E-state index in [-0.39, 0.29) is 6.73 Å². The molecule has 1 aromatic carbocycles. The van der Waals surface area contributed by atoms with E-state index in [1.165, 1.54) is 0 Å². The van der Waals surface area contributed by atoms with Gasteiger partial charge in [0.05, 0.1) is 17.5 Å². The third-order valence-corrected chi connectivity index (χ3v) is 2.30. The van der Waals surface area contributed by atoms with Gasteiger partial charge in [-0.25, -0.2) is 4.79 Å². The molecule has 94 valence electrons. The Kier molecular flexibility index (Phi) is 4.05. The van der Waals surface area contributed by atoms with Gasteiger partial charge in [0.1, 0.15) is 0 Å². The molecule has 2 rings (SSSR count). The Bertz CT molecular complexity index is 606. The smallest absolute Gasteiger partial charge is 0.338 e. The average molecular weight is 255 g/mol. The number of carbonyl (C=O) groups excluding carboxylic acids is 1. The maximum absolute atomic E-state index is 11.5. The monoisotopic (exact) mass is 255 g/mol. The lowest BCUT2D eigenvalue weighted by Crippen LogP contribution is -2.04. The molecule has 0 aliphatic heterocycles. The van der Waals surface area contributed by atoms with Crippen LogP contribution in [-0.2, 0) is 4.74 Å². The summed E-state index contributed by atoms with van der Waals surface area (Å²) in [5.74, 6) is -0.543. The second kappa shape index (κ2) is 6.13. The lowest BCUT2D eigenvalue weighted by molar-refractivity contribution is 0.0515. The summed E-state index contributed by atoms with van der Waals surface area (Å²) in [5, 5.41) is 3.12. The number of carbonyl (C=O) groups is 1. The highest BCUT2D eigenvalue weighted by Crippen LogP contribution is 2.16. The van der Waals surface area contributed by atoms with E-state index in [0.29, 0.717) is 5.56 Å². The Morgan fingerprint density at radius 1 is 1.32 bits per heavy atom. The van der Waals surface area contributed by atoms with Crippen LogP contribution in [0.5, 0.6) is 0 Å². The summed E-state index contributed by atoms with van der Waals surface area (Å²) in [4.78, 5) is 22.1. The number of ether oxygens (including phenoxy) is 1. The number of azide groups is 1. The first-order chi connectivity index (χ1) is 9.31. The zero-order valence-corrected chi connectivity index (χ0v) is 9.80. The Labute approximate surface area is 108 Å². The number of rotatable bonds is 4. The number of esters is 1. The van der Waals surface area contributed by atoms with E-state index in [2.05, 4.69) is 20.0 Å². The fourth-order valence-electron chi connectivity index (χ4n) is 1.42. The van der Waals surface area contributed by atoms with Gasteiger partial charge in [-0.15, -0.1) is 0 Å². The number of nitrogens with zero attached hydrogens (tertiary/aromatic N) is 5. The summed E-state index contributed by atoms with van der Waals surface area (Å²) in [6.07, 6.45) is 4.82. The Morgan fingerprint density at radius 3 is 2.74 bits per heavy atom. The van der Waals surface area contributed by atoms with Gasteiger partial charge in [-0.1, -0.05) is 17.2 Å². The molecule has 1 aromatic heterocycles. The highest BCUT2D eigenvalue weighted by molar-refractivity contribution is 5.89.